The standard InChI is InChI=1S/C22H21N5O5/c28-21(24-30)18-14-16(27(31)32)8-9-20(18)25-10-12-26(13-11-25)22(29)23-19-7-3-5-15-4-1-2-6-17(15)19/h1-9,14,30H,10-13H2,(H,23,29)(H,24,28). The zero-order valence-corrected chi connectivity index (χ0v) is 17.0. The van der Waals surface area contributed by atoms with Gasteiger partial charge in [0.2, 0.25) is 0 Å². The van der Waals surface area contributed by atoms with Gasteiger partial charge in [-0.15, -0.1) is 0 Å². The van der Waals surface area contributed by atoms with Gasteiger partial charge < -0.3 is 15.1 Å². The van der Waals surface area contributed by atoms with E-state index in [4.69, 9.17) is 5.21 Å². The van der Waals surface area contributed by atoms with Crippen LogP contribution >= 0.6 is 0 Å². The van der Waals surface area contributed by atoms with Gasteiger partial charge in [-0.3, -0.25) is 20.1 Å². The van der Waals surface area contributed by atoms with Crippen LogP contribution in [-0.2, 0) is 0 Å². The first-order chi connectivity index (χ1) is 15.5. The minimum Gasteiger partial charge on any atom is -0.367 e. The molecule has 0 spiro atoms. The molecule has 0 unspecified atom stereocenters. The lowest BCUT2D eigenvalue weighted by Gasteiger charge is -2.36. The minimum atomic E-state index is -0.833. The first-order valence-corrected chi connectivity index (χ1v) is 9.99. The van der Waals surface area contributed by atoms with Gasteiger partial charge in [0.25, 0.3) is 11.6 Å². The summed E-state index contributed by atoms with van der Waals surface area (Å²) in [6.07, 6.45) is 0. The number of hydrogen-bond acceptors (Lipinski definition) is 6. The van der Waals surface area contributed by atoms with Gasteiger partial charge in [-0.2, -0.15) is 0 Å². The largest absolute Gasteiger partial charge is 0.367 e. The number of hydroxylamine groups is 1. The monoisotopic (exact) mass is 435 g/mol. The van der Waals surface area contributed by atoms with E-state index in [-0.39, 0.29) is 17.3 Å². The molecule has 32 heavy (non-hydrogen) atoms. The van der Waals surface area contributed by atoms with Crippen LogP contribution in [0.25, 0.3) is 10.8 Å². The second-order valence-electron chi connectivity index (χ2n) is 7.33. The van der Waals surface area contributed by atoms with Crippen molar-refractivity contribution < 1.29 is 19.7 Å². The summed E-state index contributed by atoms with van der Waals surface area (Å²) in [6, 6.07) is 17.2. The maximum atomic E-state index is 12.8. The molecule has 0 radical (unpaired) electrons. The normalized spacial score (nSPS) is 13.7. The maximum Gasteiger partial charge on any atom is 0.321 e. The Morgan fingerprint density at radius 2 is 1.69 bits per heavy atom. The molecule has 10 nitrogen and oxygen atoms in total. The summed E-state index contributed by atoms with van der Waals surface area (Å²) in [6.45, 7) is 1.64. The number of hydrogen-bond donors (Lipinski definition) is 3. The van der Waals surface area contributed by atoms with E-state index in [1.54, 1.807) is 4.90 Å². The minimum absolute atomic E-state index is 0.00430. The average Bonchev–Trinajstić information content (AvgIpc) is 2.83. The van der Waals surface area contributed by atoms with E-state index in [9.17, 15) is 19.7 Å². The number of non-ortho nitro benzene ring substituents is 1. The number of carbonyl (C=O) groups excluding carboxylic acids is 2. The van der Waals surface area contributed by atoms with E-state index in [2.05, 4.69) is 5.32 Å². The fraction of sp³-hybridized carbons (Fsp3) is 0.182. The van der Waals surface area contributed by atoms with E-state index in [1.807, 2.05) is 47.4 Å². The summed E-state index contributed by atoms with van der Waals surface area (Å²) in [5.74, 6) is -0.833. The highest BCUT2D eigenvalue weighted by Gasteiger charge is 2.26. The van der Waals surface area contributed by atoms with Gasteiger partial charge in [0.1, 0.15) is 0 Å². The molecule has 10 heteroatoms. The van der Waals surface area contributed by atoms with Gasteiger partial charge in [-0.1, -0.05) is 36.4 Å². The Morgan fingerprint density at radius 3 is 2.41 bits per heavy atom. The fourth-order valence-electron chi connectivity index (χ4n) is 3.83. The van der Waals surface area contributed by atoms with Gasteiger partial charge in [0.05, 0.1) is 21.9 Å². The second kappa shape index (κ2) is 8.90. The molecular weight excluding hydrogens is 414 g/mol. The summed E-state index contributed by atoms with van der Waals surface area (Å²) in [7, 11) is 0. The molecule has 1 aliphatic rings. The van der Waals surface area contributed by atoms with Crippen molar-refractivity contribution in [1.82, 2.24) is 10.4 Å². The molecule has 0 aromatic heterocycles. The fourth-order valence-corrected chi connectivity index (χ4v) is 3.83. The van der Waals surface area contributed by atoms with Crippen LogP contribution in [0.15, 0.2) is 60.7 Å². The van der Waals surface area contributed by atoms with Crippen molar-refractivity contribution in [1.29, 1.82) is 0 Å². The van der Waals surface area contributed by atoms with E-state index in [1.165, 1.54) is 17.6 Å². The number of rotatable bonds is 4. The number of amides is 3. The molecule has 4 rings (SSSR count). The smallest absolute Gasteiger partial charge is 0.321 e. The zero-order chi connectivity index (χ0) is 22.7. The van der Waals surface area contributed by atoms with Crippen molar-refractivity contribution in [2.24, 2.45) is 0 Å². The number of nitrogens with one attached hydrogen (secondary N) is 2. The Hall–Kier alpha value is -4.18. The third kappa shape index (κ3) is 4.16. The number of urea groups is 1. The van der Waals surface area contributed by atoms with Crippen LogP contribution in [0.5, 0.6) is 0 Å². The van der Waals surface area contributed by atoms with Crippen molar-refractivity contribution in [3.8, 4) is 0 Å². The van der Waals surface area contributed by atoms with Crippen LogP contribution in [0.1, 0.15) is 10.4 Å². The summed E-state index contributed by atoms with van der Waals surface area (Å²) in [5, 5.41) is 25.0. The average molecular weight is 435 g/mol. The number of fused-ring (bicyclic) bond motifs is 1. The van der Waals surface area contributed by atoms with Crippen LogP contribution < -0.4 is 15.7 Å². The number of nitro groups is 1. The Balaban J connectivity index is 1.47. The lowest BCUT2D eigenvalue weighted by Crippen LogP contribution is -2.50. The first-order valence-electron chi connectivity index (χ1n) is 9.99. The zero-order valence-electron chi connectivity index (χ0n) is 17.0. The predicted molar refractivity (Wildman–Crippen MR) is 119 cm³/mol. The number of nitrogens with zero attached hydrogens (tertiary/aromatic N) is 3. The van der Waals surface area contributed by atoms with Gasteiger partial charge >= 0.3 is 6.03 Å². The van der Waals surface area contributed by atoms with Crippen LogP contribution in [-0.4, -0.2) is 53.1 Å². The van der Waals surface area contributed by atoms with E-state index in [0.717, 1.165) is 22.5 Å². The Morgan fingerprint density at radius 1 is 0.969 bits per heavy atom. The van der Waals surface area contributed by atoms with Crippen molar-refractivity contribution in [3.05, 3.63) is 76.3 Å². The molecule has 164 valence electrons. The Kier molecular flexibility index (Phi) is 5.86. The third-order valence-corrected chi connectivity index (χ3v) is 5.48. The summed E-state index contributed by atoms with van der Waals surface area (Å²) < 4.78 is 0. The molecule has 3 N–H and O–H groups in total. The van der Waals surface area contributed by atoms with Crippen molar-refractivity contribution >= 4 is 39.8 Å². The molecule has 3 aromatic rings. The van der Waals surface area contributed by atoms with E-state index >= 15 is 0 Å². The topological polar surface area (TPSA) is 128 Å². The number of anilines is 2. The summed E-state index contributed by atoms with van der Waals surface area (Å²) >= 11 is 0. The number of nitro benzene ring substituents is 1. The number of carbonyl (C=O) groups is 2. The molecule has 3 amide bonds. The van der Waals surface area contributed by atoms with Crippen LogP contribution in [0, 0.1) is 10.1 Å². The highest BCUT2D eigenvalue weighted by atomic mass is 16.6. The highest BCUT2D eigenvalue weighted by Crippen LogP contribution is 2.27. The van der Waals surface area contributed by atoms with Crippen molar-refractivity contribution in [2.45, 2.75) is 0 Å². The van der Waals surface area contributed by atoms with Crippen LogP contribution in [0.4, 0.5) is 21.9 Å². The Labute approximate surface area is 183 Å². The SMILES string of the molecule is O=C(NO)c1cc([N+](=O)[O-])ccc1N1CCN(C(=O)Nc2cccc3ccccc23)CC1. The Bertz CT molecular complexity index is 1190. The molecule has 0 atom stereocenters. The lowest BCUT2D eigenvalue weighted by atomic mass is 10.1. The molecule has 0 bridgehead atoms. The highest BCUT2D eigenvalue weighted by molar-refractivity contribution is 6.02. The quantitative estimate of drug-likeness (QED) is 0.328. The van der Waals surface area contributed by atoms with Gasteiger partial charge in [-0.05, 0) is 17.5 Å². The van der Waals surface area contributed by atoms with Gasteiger partial charge in [0, 0.05) is 43.7 Å². The molecule has 0 aliphatic carbocycles. The molecule has 1 fully saturated rings. The first kappa shape index (κ1) is 21.1. The van der Waals surface area contributed by atoms with Crippen LogP contribution in [0.2, 0.25) is 0 Å². The van der Waals surface area contributed by atoms with Gasteiger partial charge in [-0.25, -0.2) is 10.3 Å². The summed E-state index contributed by atoms with van der Waals surface area (Å²) in [4.78, 5) is 38.8. The number of piperazine rings is 1. The molecule has 1 saturated heterocycles. The van der Waals surface area contributed by atoms with Crippen molar-refractivity contribution in [3.63, 3.8) is 0 Å². The molecule has 1 heterocycles. The van der Waals surface area contributed by atoms with E-state index < -0.39 is 10.8 Å². The molecule has 1 aliphatic heterocycles. The predicted octanol–water partition coefficient (Wildman–Crippen LogP) is 3.22. The number of benzene rings is 3. The molecular formula is C22H21N5O5. The van der Waals surface area contributed by atoms with Crippen LogP contribution in [0.3, 0.4) is 0 Å². The molecule has 0 saturated carbocycles. The lowest BCUT2D eigenvalue weighted by molar-refractivity contribution is -0.384. The second-order valence-corrected chi connectivity index (χ2v) is 7.33. The summed E-state index contributed by atoms with van der Waals surface area (Å²) in [5.41, 5.74) is 2.46. The van der Waals surface area contributed by atoms with E-state index in [0.29, 0.717) is 31.9 Å². The van der Waals surface area contributed by atoms with Gasteiger partial charge in [0.15, 0.2) is 0 Å². The third-order valence-electron chi connectivity index (χ3n) is 5.48. The maximum absolute atomic E-state index is 12.8. The van der Waals surface area contributed by atoms with Crippen molar-refractivity contribution in [2.75, 3.05) is 36.4 Å². The molecule has 3 aromatic carbocycles.